The monoisotopic (exact) mass is 231 g/mol. The molecule has 92 valence electrons. The van der Waals surface area contributed by atoms with Gasteiger partial charge in [0.25, 0.3) is 0 Å². The summed E-state index contributed by atoms with van der Waals surface area (Å²) in [5.74, 6) is 0.251. The number of Topliss-reactive ketones (excluding diaryl/α,β-unsaturated/α-hetero) is 1. The van der Waals surface area contributed by atoms with E-state index in [0.717, 1.165) is 16.7 Å². The normalized spacial score (nSPS) is 16.0. The van der Waals surface area contributed by atoms with Crippen LogP contribution in [0.15, 0.2) is 18.2 Å². The molecule has 1 saturated carbocycles. The maximum Gasteiger partial charge on any atom is 0.177 e. The summed E-state index contributed by atoms with van der Waals surface area (Å²) in [5.41, 5.74) is 3.13. The number of benzene rings is 1. The number of likely N-dealkylation sites (N-methyl/N-ethyl adjacent to an activating group) is 1. The van der Waals surface area contributed by atoms with Crippen LogP contribution in [0.5, 0.6) is 0 Å². The second-order valence-corrected chi connectivity index (χ2v) is 5.24. The molecule has 0 aliphatic heterocycles. The van der Waals surface area contributed by atoms with Gasteiger partial charge in [-0.05, 0) is 45.4 Å². The molecule has 1 aromatic rings. The molecule has 0 amide bonds. The lowest BCUT2D eigenvalue weighted by atomic mass is 9.91. The largest absolute Gasteiger partial charge is 0.296 e. The van der Waals surface area contributed by atoms with Crippen LogP contribution in [0.1, 0.15) is 40.7 Å². The van der Waals surface area contributed by atoms with Crippen molar-refractivity contribution < 1.29 is 4.79 Å². The molecule has 1 aromatic carbocycles. The average Bonchev–Trinajstić information content (AvgIpc) is 2.18. The van der Waals surface area contributed by atoms with Crippen LogP contribution in [-0.2, 0) is 0 Å². The van der Waals surface area contributed by atoms with Crippen molar-refractivity contribution in [2.75, 3.05) is 13.6 Å². The van der Waals surface area contributed by atoms with E-state index in [-0.39, 0.29) is 5.78 Å². The summed E-state index contributed by atoms with van der Waals surface area (Å²) in [5, 5.41) is 0. The number of carbonyl (C=O) groups excluding carboxylic acids is 1. The molecule has 17 heavy (non-hydrogen) atoms. The summed E-state index contributed by atoms with van der Waals surface area (Å²) in [6, 6.07) is 6.73. The fourth-order valence-electron chi connectivity index (χ4n) is 2.30. The zero-order chi connectivity index (χ0) is 12.4. The lowest BCUT2D eigenvalue weighted by Gasteiger charge is -2.34. The number of carbonyl (C=O) groups is 1. The first-order chi connectivity index (χ1) is 8.08. The van der Waals surface area contributed by atoms with Gasteiger partial charge in [0, 0.05) is 11.6 Å². The van der Waals surface area contributed by atoms with Gasteiger partial charge in [-0.2, -0.15) is 0 Å². The Hall–Kier alpha value is -1.15. The zero-order valence-corrected chi connectivity index (χ0v) is 11.0. The van der Waals surface area contributed by atoms with Gasteiger partial charge in [-0.25, -0.2) is 0 Å². The number of ketones is 1. The third-order valence-corrected chi connectivity index (χ3v) is 3.78. The molecule has 0 saturated heterocycles. The predicted octanol–water partition coefficient (Wildman–Crippen LogP) is 2.97. The number of hydrogen-bond donors (Lipinski definition) is 0. The Morgan fingerprint density at radius 3 is 2.65 bits per heavy atom. The van der Waals surface area contributed by atoms with Crippen molar-refractivity contribution in [2.45, 2.75) is 39.2 Å². The Balaban J connectivity index is 2.05. The third kappa shape index (κ3) is 2.75. The van der Waals surface area contributed by atoms with E-state index in [1.165, 1.54) is 19.3 Å². The van der Waals surface area contributed by atoms with Gasteiger partial charge in [-0.1, -0.05) is 24.1 Å². The molecule has 0 atom stereocenters. The van der Waals surface area contributed by atoms with E-state index in [0.29, 0.717) is 12.6 Å². The first-order valence-electron chi connectivity index (χ1n) is 6.38. The fourth-order valence-corrected chi connectivity index (χ4v) is 2.30. The van der Waals surface area contributed by atoms with Crippen molar-refractivity contribution in [1.82, 2.24) is 4.90 Å². The van der Waals surface area contributed by atoms with Gasteiger partial charge in [0.15, 0.2) is 5.78 Å². The molecular formula is C15H21NO. The van der Waals surface area contributed by atoms with Crippen LogP contribution >= 0.6 is 0 Å². The number of rotatable bonds is 4. The van der Waals surface area contributed by atoms with Crippen LogP contribution in [0.4, 0.5) is 0 Å². The molecule has 0 unspecified atom stereocenters. The maximum absolute atomic E-state index is 12.2. The Morgan fingerprint density at radius 2 is 2.06 bits per heavy atom. The van der Waals surface area contributed by atoms with Gasteiger partial charge in [-0.15, -0.1) is 0 Å². The number of hydrogen-bond acceptors (Lipinski definition) is 2. The van der Waals surface area contributed by atoms with E-state index in [1.54, 1.807) is 0 Å². The first kappa shape index (κ1) is 12.3. The molecule has 0 bridgehead atoms. The van der Waals surface area contributed by atoms with Crippen molar-refractivity contribution in [3.63, 3.8) is 0 Å². The second-order valence-electron chi connectivity index (χ2n) is 5.24. The summed E-state index contributed by atoms with van der Waals surface area (Å²) in [6.07, 6.45) is 3.81. The Morgan fingerprint density at radius 1 is 1.35 bits per heavy atom. The van der Waals surface area contributed by atoms with Crippen LogP contribution in [0, 0.1) is 13.8 Å². The zero-order valence-electron chi connectivity index (χ0n) is 11.0. The molecule has 2 rings (SSSR count). The highest BCUT2D eigenvalue weighted by molar-refractivity contribution is 5.99. The minimum Gasteiger partial charge on any atom is -0.296 e. The highest BCUT2D eigenvalue weighted by Crippen LogP contribution is 2.23. The minimum absolute atomic E-state index is 0.251. The molecule has 1 fully saturated rings. The van der Waals surface area contributed by atoms with E-state index in [4.69, 9.17) is 0 Å². The second kappa shape index (κ2) is 5.01. The molecule has 1 aliphatic rings. The Labute approximate surface area is 104 Å². The van der Waals surface area contributed by atoms with Crippen LogP contribution in [0.3, 0.4) is 0 Å². The molecule has 0 spiro atoms. The highest BCUT2D eigenvalue weighted by Gasteiger charge is 2.24. The highest BCUT2D eigenvalue weighted by atomic mass is 16.1. The van der Waals surface area contributed by atoms with Crippen LogP contribution in [0.25, 0.3) is 0 Å². The molecule has 0 radical (unpaired) electrons. The van der Waals surface area contributed by atoms with Gasteiger partial charge in [0.1, 0.15) is 0 Å². The summed E-state index contributed by atoms with van der Waals surface area (Å²) < 4.78 is 0. The van der Waals surface area contributed by atoms with Gasteiger partial charge >= 0.3 is 0 Å². The summed E-state index contributed by atoms with van der Waals surface area (Å²) in [7, 11) is 2.06. The molecule has 1 aliphatic carbocycles. The van der Waals surface area contributed by atoms with Crippen LogP contribution in [0.2, 0.25) is 0 Å². The summed E-state index contributed by atoms with van der Waals surface area (Å²) in [4.78, 5) is 14.4. The molecular weight excluding hydrogens is 210 g/mol. The van der Waals surface area contributed by atoms with Crippen molar-refractivity contribution in [3.8, 4) is 0 Å². The third-order valence-electron chi connectivity index (χ3n) is 3.78. The van der Waals surface area contributed by atoms with Crippen molar-refractivity contribution in [3.05, 3.63) is 34.9 Å². The molecule has 2 heteroatoms. The van der Waals surface area contributed by atoms with Crippen LogP contribution < -0.4 is 0 Å². The van der Waals surface area contributed by atoms with Crippen molar-refractivity contribution in [1.29, 1.82) is 0 Å². The van der Waals surface area contributed by atoms with Crippen molar-refractivity contribution in [2.24, 2.45) is 0 Å². The van der Waals surface area contributed by atoms with Gasteiger partial charge in [0.2, 0.25) is 0 Å². The van der Waals surface area contributed by atoms with Crippen LogP contribution in [-0.4, -0.2) is 30.3 Å². The maximum atomic E-state index is 12.2. The molecule has 0 heterocycles. The quantitative estimate of drug-likeness (QED) is 0.742. The fraction of sp³-hybridized carbons (Fsp3) is 0.533. The number of aryl methyl sites for hydroxylation is 2. The van der Waals surface area contributed by atoms with Gasteiger partial charge in [0.05, 0.1) is 6.54 Å². The predicted molar refractivity (Wildman–Crippen MR) is 70.5 cm³/mol. The van der Waals surface area contributed by atoms with E-state index in [2.05, 4.69) is 18.0 Å². The lowest BCUT2D eigenvalue weighted by molar-refractivity contribution is 0.0870. The minimum atomic E-state index is 0.251. The Kier molecular flexibility index (Phi) is 3.63. The van der Waals surface area contributed by atoms with Gasteiger partial charge in [-0.3, -0.25) is 9.69 Å². The summed E-state index contributed by atoms with van der Waals surface area (Å²) in [6.45, 7) is 4.59. The van der Waals surface area contributed by atoms with Gasteiger partial charge < -0.3 is 0 Å². The standard InChI is InChI=1S/C15H21NO/c1-11-7-8-12(2)14(9-11)15(17)10-16(3)13-5-4-6-13/h7-9,13H,4-6,10H2,1-3H3. The topological polar surface area (TPSA) is 20.3 Å². The smallest absolute Gasteiger partial charge is 0.177 e. The van der Waals surface area contributed by atoms with E-state index >= 15 is 0 Å². The summed E-state index contributed by atoms with van der Waals surface area (Å²) >= 11 is 0. The molecule has 2 nitrogen and oxygen atoms in total. The van der Waals surface area contributed by atoms with E-state index in [1.807, 2.05) is 26.0 Å². The lowest BCUT2D eigenvalue weighted by Crippen LogP contribution is -2.40. The number of nitrogens with zero attached hydrogens (tertiary/aromatic N) is 1. The molecule has 0 aromatic heterocycles. The first-order valence-corrected chi connectivity index (χ1v) is 6.38. The van der Waals surface area contributed by atoms with Crippen molar-refractivity contribution >= 4 is 5.78 Å². The van der Waals surface area contributed by atoms with E-state index < -0.39 is 0 Å². The molecule has 0 N–H and O–H groups in total. The SMILES string of the molecule is Cc1ccc(C)c(C(=O)CN(C)C2CCC2)c1. The van der Waals surface area contributed by atoms with E-state index in [9.17, 15) is 4.79 Å². The average molecular weight is 231 g/mol. The Bertz CT molecular complexity index is 421.